The Morgan fingerprint density at radius 2 is 1.00 bits per heavy atom. The molecule has 0 aromatic carbocycles. The van der Waals surface area contributed by atoms with Crippen LogP contribution in [0.1, 0.15) is 136 Å². The minimum Gasteiger partial charge on any atom is -0.747 e. The zero-order valence-corrected chi connectivity index (χ0v) is 23.3. The Labute approximate surface area is 213 Å². The van der Waals surface area contributed by atoms with Crippen molar-refractivity contribution in [3.63, 3.8) is 0 Å². The van der Waals surface area contributed by atoms with Crippen molar-refractivity contribution in [2.75, 3.05) is 0 Å². The van der Waals surface area contributed by atoms with Crippen molar-refractivity contribution in [3.8, 4) is 0 Å². The second kappa shape index (κ2) is 22.1. The maximum absolute atomic E-state index is 12.3. The Kier molecular flexibility index (Phi) is 23.8. The second-order valence-corrected chi connectivity index (χ2v) is 10.2. The Hall–Kier alpha value is 0.250. The SMILES string of the molecule is CCCCCCCCCCC(=O)CC(C(=O)CCCCCCCCCC)S(=O)(=O)[O-].[Na+]. The monoisotopic (exact) mass is 468 g/mol. The van der Waals surface area contributed by atoms with E-state index in [-0.39, 0.29) is 48.2 Å². The Bertz CT molecular complexity index is 548. The molecule has 0 radical (unpaired) electrons. The summed E-state index contributed by atoms with van der Waals surface area (Å²) in [5.74, 6) is -0.866. The summed E-state index contributed by atoms with van der Waals surface area (Å²) in [5.41, 5.74) is 0. The predicted octanol–water partition coefficient (Wildman–Crippen LogP) is 3.49. The van der Waals surface area contributed by atoms with Crippen molar-refractivity contribution in [2.45, 2.75) is 141 Å². The Morgan fingerprint density at radius 1 is 0.645 bits per heavy atom. The molecule has 0 aromatic heterocycles. The van der Waals surface area contributed by atoms with Gasteiger partial charge in [0.15, 0.2) is 0 Å². The van der Waals surface area contributed by atoms with E-state index in [1.807, 2.05) is 0 Å². The summed E-state index contributed by atoms with van der Waals surface area (Å²) >= 11 is 0. The molecule has 1 unspecified atom stereocenters. The van der Waals surface area contributed by atoms with Gasteiger partial charge in [0.2, 0.25) is 0 Å². The molecule has 5 nitrogen and oxygen atoms in total. The van der Waals surface area contributed by atoms with Crippen LogP contribution >= 0.6 is 0 Å². The molecule has 0 bridgehead atoms. The fourth-order valence-corrected chi connectivity index (χ4v) is 4.57. The number of hydrogen-bond donors (Lipinski definition) is 0. The maximum atomic E-state index is 12.3. The van der Waals surface area contributed by atoms with Crippen LogP contribution in [0.15, 0.2) is 0 Å². The van der Waals surface area contributed by atoms with E-state index in [1.165, 1.54) is 51.4 Å². The first kappa shape index (κ1) is 33.4. The largest absolute Gasteiger partial charge is 1.00 e. The van der Waals surface area contributed by atoms with Crippen LogP contribution in [0.25, 0.3) is 0 Å². The molecule has 31 heavy (non-hydrogen) atoms. The van der Waals surface area contributed by atoms with Crippen LogP contribution in [0.2, 0.25) is 0 Å². The molecule has 0 heterocycles. The van der Waals surface area contributed by atoms with E-state index in [2.05, 4.69) is 13.8 Å². The van der Waals surface area contributed by atoms with Crippen LogP contribution in [0.5, 0.6) is 0 Å². The number of carbonyl (C=O) groups is 2. The van der Waals surface area contributed by atoms with Crippen molar-refractivity contribution >= 4 is 21.7 Å². The summed E-state index contributed by atoms with van der Waals surface area (Å²) in [6.45, 7) is 4.35. The van der Waals surface area contributed by atoms with Gasteiger partial charge in [-0.1, -0.05) is 104 Å². The summed E-state index contributed by atoms with van der Waals surface area (Å²) in [6.07, 6.45) is 17.1. The van der Waals surface area contributed by atoms with Gasteiger partial charge in [-0.2, -0.15) is 0 Å². The van der Waals surface area contributed by atoms with Crippen molar-refractivity contribution in [1.29, 1.82) is 0 Å². The van der Waals surface area contributed by atoms with Crippen LogP contribution in [0.4, 0.5) is 0 Å². The molecular formula is C24H45NaO5S. The number of carbonyl (C=O) groups excluding carboxylic acids is 2. The molecule has 178 valence electrons. The van der Waals surface area contributed by atoms with E-state index < -0.39 is 27.6 Å². The summed E-state index contributed by atoms with van der Waals surface area (Å²) in [7, 11) is -4.79. The topological polar surface area (TPSA) is 91.3 Å². The van der Waals surface area contributed by atoms with Gasteiger partial charge in [-0.3, -0.25) is 9.59 Å². The molecule has 0 saturated carbocycles. The molecule has 0 aliphatic heterocycles. The van der Waals surface area contributed by atoms with Gasteiger partial charge in [0.1, 0.15) is 26.9 Å². The molecule has 0 aliphatic carbocycles. The molecule has 0 spiro atoms. The summed E-state index contributed by atoms with van der Waals surface area (Å²) in [4.78, 5) is 24.4. The Balaban J connectivity index is 0. The number of rotatable bonds is 22. The van der Waals surface area contributed by atoms with Crippen molar-refractivity contribution < 1.29 is 52.1 Å². The number of ketones is 2. The fourth-order valence-electron chi connectivity index (χ4n) is 3.74. The van der Waals surface area contributed by atoms with Crippen LogP contribution < -0.4 is 29.6 Å². The van der Waals surface area contributed by atoms with E-state index in [0.29, 0.717) is 12.8 Å². The van der Waals surface area contributed by atoms with Gasteiger partial charge in [0, 0.05) is 19.3 Å². The minimum absolute atomic E-state index is 0. The molecule has 0 aromatic rings. The number of Topliss-reactive ketones (excluding diaryl/α,β-unsaturated/α-hetero) is 2. The van der Waals surface area contributed by atoms with Crippen molar-refractivity contribution in [2.24, 2.45) is 0 Å². The molecule has 0 saturated heterocycles. The van der Waals surface area contributed by atoms with Gasteiger partial charge in [0.05, 0.1) is 0 Å². The standard InChI is InChI=1S/C24H46O5S.Na/c1-3-5-7-9-11-13-15-17-19-22(25)21-24(30(27,28)29)23(26)20-18-16-14-12-10-8-6-4-2;/h24H,3-21H2,1-2H3,(H,27,28,29);/q;+1/p-1. The summed E-state index contributed by atoms with van der Waals surface area (Å²) < 4.78 is 34.6. The molecule has 0 N–H and O–H groups in total. The maximum Gasteiger partial charge on any atom is 1.00 e. The average Bonchev–Trinajstić information content (AvgIpc) is 2.69. The van der Waals surface area contributed by atoms with E-state index in [4.69, 9.17) is 0 Å². The molecule has 7 heteroatoms. The third kappa shape index (κ3) is 20.6. The van der Waals surface area contributed by atoms with E-state index >= 15 is 0 Å². The molecule has 0 rings (SSSR count). The molecule has 0 fully saturated rings. The summed E-state index contributed by atoms with van der Waals surface area (Å²) in [6, 6.07) is 0. The van der Waals surface area contributed by atoms with Crippen molar-refractivity contribution in [3.05, 3.63) is 0 Å². The predicted molar refractivity (Wildman–Crippen MR) is 123 cm³/mol. The van der Waals surface area contributed by atoms with Crippen LogP contribution in [0, 0.1) is 0 Å². The van der Waals surface area contributed by atoms with Crippen molar-refractivity contribution in [1.82, 2.24) is 0 Å². The number of unbranched alkanes of at least 4 members (excludes halogenated alkanes) is 14. The second-order valence-electron chi connectivity index (χ2n) is 8.64. The first-order valence-corrected chi connectivity index (χ1v) is 13.8. The molecule has 1 atom stereocenters. The van der Waals surface area contributed by atoms with Gasteiger partial charge in [-0.05, 0) is 12.8 Å². The van der Waals surface area contributed by atoms with Crippen LogP contribution in [-0.4, -0.2) is 29.8 Å². The van der Waals surface area contributed by atoms with E-state index in [9.17, 15) is 22.6 Å². The molecule has 0 amide bonds. The quantitative estimate of drug-likeness (QED) is 0.138. The zero-order chi connectivity index (χ0) is 22.7. The smallest absolute Gasteiger partial charge is 0.747 e. The van der Waals surface area contributed by atoms with Crippen LogP contribution in [0.3, 0.4) is 0 Å². The molecular weight excluding hydrogens is 423 g/mol. The third-order valence-electron chi connectivity index (χ3n) is 5.71. The fraction of sp³-hybridized carbons (Fsp3) is 0.917. The van der Waals surface area contributed by atoms with Gasteiger partial charge in [-0.15, -0.1) is 0 Å². The minimum atomic E-state index is -4.79. The van der Waals surface area contributed by atoms with Gasteiger partial charge in [0.25, 0.3) is 0 Å². The third-order valence-corrected chi connectivity index (χ3v) is 6.83. The first-order chi connectivity index (χ1) is 14.3. The summed E-state index contributed by atoms with van der Waals surface area (Å²) in [5, 5.41) is -1.69. The normalized spacial score (nSPS) is 12.4. The van der Waals surface area contributed by atoms with E-state index in [0.717, 1.165) is 38.5 Å². The van der Waals surface area contributed by atoms with Gasteiger partial charge in [-0.25, -0.2) is 8.42 Å². The first-order valence-electron chi connectivity index (χ1n) is 12.3. The van der Waals surface area contributed by atoms with Gasteiger partial charge >= 0.3 is 29.6 Å². The van der Waals surface area contributed by atoms with Crippen LogP contribution in [-0.2, 0) is 19.7 Å². The van der Waals surface area contributed by atoms with E-state index in [1.54, 1.807) is 0 Å². The molecule has 0 aliphatic rings. The zero-order valence-electron chi connectivity index (χ0n) is 20.5. The van der Waals surface area contributed by atoms with Gasteiger partial charge < -0.3 is 4.55 Å². The average molecular weight is 469 g/mol. The Morgan fingerprint density at radius 3 is 1.39 bits per heavy atom. The number of hydrogen-bond acceptors (Lipinski definition) is 5.